The molecule has 1 aliphatic rings. The van der Waals surface area contributed by atoms with Crippen LogP contribution in [0.15, 0.2) is 22.8 Å². The summed E-state index contributed by atoms with van der Waals surface area (Å²) >= 11 is 1.93. The maximum absolute atomic E-state index is 5.97. The van der Waals surface area contributed by atoms with Gasteiger partial charge in [0, 0.05) is 11.3 Å². The fourth-order valence-corrected chi connectivity index (χ4v) is 3.00. The molecule has 1 aromatic rings. The predicted molar refractivity (Wildman–Crippen MR) is 55.6 cm³/mol. The molecule has 1 aromatic heterocycles. The summed E-state index contributed by atoms with van der Waals surface area (Å²) in [6, 6.07) is 4.36. The maximum atomic E-state index is 5.97. The number of furan rings is 1. The van der Waals surface area contributed by atoms with E-state index in [4.69, 9.17) is 10.2 Å². The van der Waals surface area contributed by atoms with Gasteiger partial charge < -0.3 is 10.2 Å². The van der Waals surface area contributed by atoms with E-state index in [1.54, 1.807) is 6.26 Å². The molecular formula is C10H15NOS. The van der Waals surface area contributed by atoms with Gasteiger partial charge in [-0.15, -0.1) is 11.8 Å². The second kappa shape index (κ2) is 4.20. The number of hydrogen-bond acceptors (Lipinski definition) is 3. The molecule has 1 heterocycles. The molecule has 0 radical (unpaired) electrons. The summed E-state index contributed by atoms with van der Waals surface area (Å²) < 4.78 is 5.27. The second-order valence-corrected chi connectivity index (χ2v) is 4.75. The summed E-state index contributed by atoms with van der Waals surface area (Å²) in [5.41, 5.74) is 5.97. The topological polar surface area (TPSA) is 39.2 Å². The third kappa shape index (κ3) is 2.29. The zero-order valence-corrected chi connectivity index (χ0v) is 8.43. The number of nitrogens with two attached hydrogens (primary N) is 1. The molecule has 1 aliphatic carbocycles. The van der Waals surface area contributed by atoms with Gasteiger partial charge in [-0.2, -0.15) is 0 Å². The van der Waals surface area contributed by atoms with E-state index in [1.807, 2.05) is 23.9 Å². The molecular weight excluding hydrogens is 182 g/mol. The summed E-state index contributed by atoms with van der Waals surface area (Å²) in [6.07, 6.45) is 5.48. The lowest BCUT2D eigenvalue weighted by atomic mass is 10.3. The van der Waals surface area contributed by atoms with E-state index in [-0.39, 0.29) is 0 Å². The normalized spacial score (nSPS) is 28.1. The van der Waals surface area contributed by atoms with Gasteiger partial charge >= 0.3 is 0 Å². The van der Waals surface area contributed by atoms with Crippen LogP contribution in [0.3, 0.4) is 0 Å². The van der Waals surface area contributed by atoms with E-state index < -0.39 is 0 Å². The van der Waals surface area contributed by atoms with Crippen LogP contribution in [0, 0.1) is 0 Å². The highest BCUT2D eigenvalue weighted by atomic mass is 32.2. The Morgan fingerprint density at radius 2 is 2.46 bits per heavy atom. The minimum Gasteiger partial charge on any atom is -0.468 e. The van der Waals surface area contributed by atoms with Gasteiger partial charge in [-0.3, -0.25) is 0 Å². The molecule has 0 aliphatic heterocycles. The fourth-order valence-electron chi connectivity index (χ4n) is 1.75. The lowest BCUT2D eigenvalue weighted by Gasteiger charge is -2.13. The summed E-state index contributed by atoms with van der Waals surface area (Å²) in [4.78, 5) is 0. The Balaban J connectivity index is 1.79. The summed E-state index contributed by atoms with van der Waals surface area (Å²) in [7, 11) is 0. The molecule has 0 amide bonds. The van der Waals surface area contributed by atoms with Crippen molar-refractivity contribution in [3.63, 3.8) is 0 Å². The number of hydrogen-bond donors (Lipinski definition) is 1. The Morgan fingerprint density at radius 1 is 1.54 bits per heavy atom. The van der Waals surface area contributed by atoms with Crippen LogP contribution in [0.25, 0.3) is 0 Å². The third-order valence-corrected chi connectivity index (χ3v) is 3.99. The second-order valence-electron chi connectivity index (χ2n) is 3.52. The average molecular weight is 197 g/mol. The van der Waals surface area contributed by atoms with Crippen molar-refractivity contribution in [3.05, 3.63) is 24.2 Å². The van der Waals surface area contributed by atoms with Crippen LogP contribution < -0.4 is 5.73 Å². The Kier molecular flexibility index (Phi) is 2.96. The van der Waals surface area contributed by atoms with Crippen LogP contribution in [0.5, 0.6) is 0 Å². The van der Waals surface area contributed by atoms with E-state index >= 15 is 0 Å². The Morgan fingerprint density at radius 3 is 3.08 bits per heavy atom. The molecule has 0 aromatic carbocycles. The van der Waals surface area contributed by atoms with Gasteiger partial charge in [0.1, 0.15) is 5.76 Å². The van der Waals surface area contributed by atoms with Crippen LogP contribution in [-0.4, -0.2) is 11.3 Å². The summed E-state index contributed by atoms with van der Waals surface area (Å²) in [5, 5.41) is 0.644. The molecule has 0 saturated heterocycles. The van der Waals surface area contributed by atoms with Crippen LogP contribution >= 0.6 is 11.8 Å². The Labute approximate surface area is 82.9 Å². The first-order chi connectivity index (χ1) is 6.36. The van der Waals surface area contributed by atoms with Crippen molar-refractivity contribution in [2.75, 3.05) is 0 Å². The van der Waals surface area contributed by atoms with Gasteiger partial charge in [-0.05, 0) is 25.0 Å². The highest BCUT2D eigenvalue weighted by molar-refractivity contribution is 7.99. The van der Waals surface area contributed by atoms with E-state index in [9.17, 15) is 0 Å². The summed E-state index contributed by atoms with van der Waals surface area (Å²) in [5.74, 6) is 2.02. The smallest absolute Gasteiger partial charge is 0.113 e. The quantitative estimate of drug-likeness (QED) is 0.808. The average Bonchev–Trinajstić information content (AvgIpc) is 2.72. The monoisotopic (exact) mass is 197 g/mol. The highest BCUT2D eigenvalue weighted by Gasteiger charge is 2.24. The highest BCUT2D eigenvalue weighted by Crippen LogP contribution is 2.30. The molecule has 1 saturated carbocycles. The fraction of sp³-hybridized carbons (Fsp3) is 0.600. The van der Waals surface area contributed by atoms with Crippen molar-refractivity contribution >= 4 is 11.8 Å². The molecule has 1 fully saturated rings. The van der Waals surface area contributed by atoms with Crippen molar-refractivity contribution in [3.8, 4) is 0 Å². The Hall–Kier alpha value is -0.410. The molecule has 3 heteroatoms. The number of rotatable bonds is 3. The van der Waals surface area contributed by atoms with Crippen molar-refractivity contribution < 1.29 is 4.42 Å². The van der Waals surface area contributed by atoms with E-state index in [0.29, 0.717) is 11.3 Å². The van der Waals surface area contributed by atoms with Crippen LogP contribution in [0.4, 0.5) is 0 Å². The zero-order chi connectivity index (χ0) is 9.10. The van der Waals surface area contributed by atoms with Gasteiger partial charge in [-0.25, -0.2) is 0 Å². The predicted octanol–water partition coefficient (Wildman–Crippen LogP) is 2.39. The number of thioether (sulfide) groups is 1. The first-order valence-corrected chi connectivity index (χ1v) is 5.81. The molecule has 2 unspecified atom stereocenters. The molecule has 2 nitrogen and oxygen atoms in total. The first-order valence-electron chi connectivity index (χ1n) is 4.76. The van der Waals surface area contributed by atoms with Crippen molar-refractivity contribution in [2.45, 2.75) is 36.3 Å². The van der Waals surface area contributed by atoms with Gasteiger partial charge in [-0.1, -0.05) is 6.42 Å². The van der Waals surface area contributed by atoms with E-state index in [1.165, 1.54) is 19.3 Å². The molecule has 72 valence electrons. The molecule has 2 N–H and O–H groups in total. The molecule has 2 rings (SSSR count). The lowest BCUT2D eigenvalue weighted by Crippen LogP contribution is -2.26. The van der Waals surface area contributed by atoms with Crippen LogP contribution in [0.2, 0.25) is 0 Å². The zero-order valence-electron chi connectivity index (χ0n) is 7.61. The van der Waals surface area contributed by atoms with Crippen molar-refractivity contribution in [1.29, 1.82) is 0 Å². The van der Waals surface area contributed by atoms with E-state index in [2.05, 4.69) is 0 Å². The standard InChI is InChI=1S/C10H15NOS/c11-9-4-1-5-10(9)13-7-8-3-2-6-12-8/h2-3,6,9-10H,1,4-5,7,11H2. The minimum absolute atomic E-state index is 0.403. The molecule has 0 bridgehead atoms. The van der Waals surface area contributed by atoms with Crippen LogP contribution in [-0.2, 0) is 5.75 Å². The van der Waals surface area contributed by atoms with Gasteiger partial charge in [0.05, 0.1) is 12.0 Å². The van der Waals surface area contributed by atoms with Crippen molar-refractivity contribution in [2.24, 2.45) is 5.73 Å². The largest absolute Gasteiger partial charge is 0.468 e. The van der Waals surface area contributed by atoms with E-state index in [0.717, 1.165) is 11.5 Å². The lowest BCUT2D eigenvalue weighted by molar-refractivity contribution is 0.530. The molecule has 2 atom stereocenters. The minimum atomic E-state index is 0.403. The maximum Gasteiger partial charge on any atom is 0.113 e. The van der Waals surface area contributed by atoms with Crippen LogP contribution in [0.1, 0.15) is 25.0 Å². The van der Waals surface area contributed by atoms with Gasteiger partial charge in [0.15, 0.2) is 0 Å². The van der Waals surface area contributed by atoms with Gasteiger partial charge in [0.25, 0.3) is 0 Å². The first kappa shape index (κ1) is 9.16. The third-order valence-electron chi connectivity index (χ3n) is 2.52. The van der Waals surface area contributed by atoms with Crippen molar-refractivity contribution in [1.82, 2.24) is 0 Å². The molecule has 13 heavy (non-hydrogen) atoms. The van der Waals surface area contributed by atoms with Gasteiger partial charge in [0.2, 0.25) is 0 Å². The Bertz CT molecular complexity index is 247. The SMILES string of the molecule is NC1CCCC1SCc1ccco1. The molecule has 0 spiro atoms. The summed E-state index contributed by atoms with van der Waals surface area (Å²) in [6.45, 7) is 0.